The molecule has 4 rings (SSSR count). The average molecular weight is 443 g/mol. The molecule has 1 amide bonds. The minimum absolute atomic E-state index is 0.0389. The summed E-state index contributed by atoms with van der Waals surface area (Å²) in [5.41, 5.74) is 1.64. The van der Waals surface area contributed by atoms with Crippen LogP contribution in [0.1, 0.15) is 29.6 Å². The first-order valence-corrected chi connectivity index (χ1v) is 12.4. The van der Waals surface area contributed by atoms with Crippen molar-refractivity contribution in [2.45, 2.75) is 30.2 Å². The van der Waals surface area contributed by atoms with Gasteiger partial charge in [-0.3, -0.25) is 9.69 Å². The van der Waals surface area contributed by atoms with E-state index in [9.17, 15) is 13.2 Å². The van der Waals surface area contributed by atoms with Crippen LogP contribution in [0, 0.1) is 0 Å². The lowest BCUT2D eigenvalue weighted by molar-refractivity contribution is 0.0951. The Kier molecular flexibility index (Phi) is 6.89. The lowest BCUT2D eigenvalue weighted by atomic mass is 10.2. The first kappa shape index (κ1) is 21.8. The zero-order valence-corrected chi connectivity index (χ0v) is 18.5. The zero-order valence-electron chi connectivity index (χ0n) is 17.7. The lowest BCUT2D eigenvalue weighted by Gasteiger charge is -2.36. The highest BCUT2D eigenvalue weighted by Crippen LogP contribution is 2.22. The largest absolute Gasteiger partial charge is 0.369 e. The van der Waals surface area contributed by atoms with Crippen molar-refractivity contribution in [2.75, 3.05) is 44.2 Å². The van der Waals surface area contributed by atoms with E-state index in [0.717, 1.165) is 52.0 Å². The van der Waals surface area contributed by atoms with Crippen LogP contribution < -0.4 is 14.9 Å². The van der Waals surface area contributed by atoms with Gasteiger partial charge >= 0.3 is 0 Å². The molecule has 2 N–H and O–H groups in total. The molecular weight excluding hydrogens is 412 g/mol. The number of piperazine rings is 1. The number of benzene rings is 2. The zero-order chi connectivity index (χ0) is 21.7. The molecule has 2 fully saturated rings. The summed E-state index contributed by atoms with van der Waals surface area (Å²) < 4.78 is 27.4. The molecule has 0 unspecified atom stereocenters. The van der Waals surface area contributed by atoms with Gasteiger partial charge in [0.05, 0.1) is 4.90 Å². The number of rotatable bonds is 9. The quantitative estimate of drug-likeness (QED) is 0.581. The number of carbonyl (C=O) groups excluding carboxylic acids is 1. The van der Waals surface area contributed by atoms with Crippen molar-refractivity contribution < 1.29 is 13.2 Å². The highest BCUT2D eigenvalue weighted by atomic mass is 32.2. The van der Waals surface area contributed by atoms with Gasteiger partial charge in [-0.05, 0) is 56.1 Å². The second-order valence-electron chi connectivity index (χ2n) is 8.20. The number of sulfonamides is 1. The molecule has 0 atom stereocenters. The smallest absolute Gasteiger partial charge is 0.251 e. The Balaban J connectivity index is 1.19. The molecule has 8 heteroatoms. The van der Waals surface area contributed by atoms with Crippen LogP contribution in [0.15, 0.2) is 59.5 Å². The van der Waals surface area contributed by atoms with Crippen molar-refractivity contribution in [2.24, 2.45) is 0 Å². The third-order valence-electron chi connectivity index (χ3n) is 5.74. The summed E-state index contributed by atoms with van der Waals surface area (Å²) in [6.45, 7) is 5.53. The van der Waals surface area contributed by atoms with E-state index in [1.165, 1.54) is 17.8 Å². The fraction of sp³-hybridized carbons (Fsp3) is 0.435. The Morgan fingerprint density at radius 1 is 0.968 bits per heavy atom. The standard InChI is InChI=1S/C23H30N4O3S/c28-23(19-6-4-9-22(18-19)31(29,30)25-20-10-11-20)24-12-5-13-26-14-16-27(17-15-26)21-7-2-1-3-8-21/h1-4,6-9,18,20,25H,5,10-17H2,(H,24,28). The fourth-order valence-corrected chi connectivity index (χ4v) is 5.12. The third kappa shape index (κ3) is 6.06. The van der Waals surface area contributed by atoms with Crippen LogP contribution in [0.25, 0.3) is 0 Å². The molecule has 2 aromatic rings. The van der Waals surface area contributed by atoms with Crippen LogP contribution in [-0.2, 0) is 10.0 Å². The van der Waals surface area contributed by atoms with Crippen molar-refractivity contribution >= 4 is 21.6 Å². The van der Waals surface area contributed by atoms with Crippen LogP contribution in [0.2, 0.25) is 0 Å². The molecular formula is C23H30N4O3S. The number of amides is 1. The molecule has 31 heavy (non-hydrogen) atoms. The van der Waals surface area contributed by atoms with Gasteiger partial charge in [0.15, 0.2) is 0 Å². The van der Waals surface area contributed by atoms with Gasteiger partial charge in [-0.15, -0.1) is 0 Å². The van der Waals surface area contributed by atoms with Gasteiger partial charge in [-0.1, -0.05) is 24.3 Å². The minimum atomic E-state index is -3.56. The summed E-state index contributed by atoms with van der Waals surface area (Å²) in [4.78, 5) is 17.4. The summed E-state index contributed by atoms with van der Waals surface area (Å²) in [5.74, 6) is -0.239. The average Bonchev–Trinajstić information content (AvgIpc) is 3.61. The van der Waals surface area contributed by atoms with Crippen molar-refractivity contribution in [3.05, 3.63) is 60.2 Å². The number of nitrogens with zero attached hydrogens (tertiary/aromatic N) is 2. The fourth-order valence-electron chi connectivity index (χ4n) is 3.77. The second-order valence-corrected chi connectivity index (χ2v) is 9.91. The number of carbonyl (C=O) groups is 1. The van der Waals surface area contributed by atoms with Crippen LogP contribution in [-0.4, -0.2) is 64.5 Å². The molecule has 2 aliphatic rings. The SMILES string of the molecule is O=C(NCCCN1CCN(c2ccccc2)CC1)c1cccc(S(=O)(=O)NC2CC2)c1. The monoisotopic (exact) mass is 442 g/mol. The summed E-state index contributed by atoms with van der Waals surface area (Å²) >= 11 is 0. The van der Waals surface area contributed by atoms with E-state index < -0.39 is 10.0 Å². The van der Waals surface area contributed by atoms with Gasteiger partial charge in [-0.2, -0.15) is 0 Å². The summed E-state index contributed by atoms with van der Waals surface area (Å²) in [7, 11) is -3.56. The molecule has 1 aliphatic carbocycles. The Hall–Kier alpha value is -2.42. The van der Waals surface area contributed by atoms with Crippen LogP contribution in [0.4, 0.5) is 5.69 Å². The molecule has 1 heterocycles. The van der Waals surface area contributed by atoms with Gasteiger partial charge in [0.25, 0.3) is 5.91 Å². The molecule has 1 saturated heterocycles. The van der Waals surface area contributed by atoms with E-state index in [2.05, 4.69) is 44.1 Å². The highest BCUT2D eigenvalue weighted by Gasteiger charge is 2.28. The first-order valence-electron chi connectivity index (χ1n) is 10.9. The Morgan fingerprint density at radius 3 is 2.42 bits per heavy atom. The van der Waals surface area contributed by atoms with Crippen LogP contribution in [0.3, 0.4) is 0 Å². The van der Waals surface area contributed by atoms with E-state index in [1.54, 1.807) is 12.1 Å². The number of nitrogens with one attached hydrogen (secondary N) is 2. The lowest BCUT2D eigenvalue weighted by Crippen LogP contribution is -2.47. The van der Waals surface area contributed by atoms with E-state index >= 15 is 0 Å². The summed E-state index contributed by atoms with van der Waals surface area (Å²) in [6.07, 6.45) is 2.61. The van der Waals surface area contributed by atoms with Crippen molar-refractivity contribution in [1.82, 2.24) is 14.9 Å². The van der Waals surface area contributed by atoms with E-state index in [4.69, 9.17) is 0 Å². The van der Waals surface area contributed by atoms with Gasteiger partial charge in [0, 0.05) is 50.0 Å². The van der Waals surface area contributed by atoms with E-state index in [0.29, 0.717) is 12.1 Å². The molecule has 1 aliphatic heterocycles. The van der Waals surface area contributed by atoms with Crippen LogP contribution >= 0.6 is 0 Å². The number of hydrogen-bond acceptors (Lipinski definition) is 5. The van der Waals surface area contributed by atoms with Gasteiger partial charge < -0.3 is 10.2 Å². The minimum Gasteiger partial charge on any atom is -0.369 e. The predicted octanol–water partition coefficient (Wildman–Crippen LogP) is 2.07. The molecule has 166 valence electrons. The first-order chi connectivity index (χ1) is 15.0. The molecule has 7 nitrogen and oxygen atoms in total. The molecule has 0 radical (unpaired) electrons. The Labute approximate surface area is 184 Å². The molecule has 1 saturated carbocycles. The van der Waals surface area contributed by atoms with Gasteiger partial charge in [0.2, 0.25) is 10.0 Å². The van der Waals surface area contributed by atoms with E-state index in [1.807, 2.05) is 6.07 Å². The Morgan fingerprint density at radius 2 is 1.71 bits per heavy atom. The second kappa shape index (κ2) is 9.80. The van der Waals surface area contributed by atoms with Crippen molar-refractivity contribution in [1.29, 1.82) is 0 Å². The summed E-state index contributed by atoms with van der Waals surface area (Å²) in [5, 5.41) is 2.91. The van der Waals surface area contributed by atoms with Crippen molar-refractivity contribution in [3.8, 4) is 0 Å². The molecule has 0 bridgehead atoms. The number of hydrogen-bond donors (Lipinski definition) is 2. The van der Waals surface area contributed by atoms with Crippen LogP contribution in [0.5, 0.6) is 0 Å². The highest BCUT2D eigenvalue weighted by molar-refractivity contribution is 7.89. The molecule has 0 spiro atoms. The third-order valence-corrected chi connectivity index (χ3v) is 7.25. The maximum atomic E-state index is 12.5. The number of anilines is 1. The molecule has 2 aromatic carbocycles. The maximum absolute atomic E-state index is 12.5. The van der Waals surface area contributed by atoms with Crippen molar-refractivity contribution in [3.63, 3.8) is 0 Å². The predicted molar refractivity (Wildman–Crippen MR) is 122 cm³/mol. The number of para-hydroxylation sites is 1. The van der Waals surface area contributed by atoms with E-state index in [-0.39, 0.29) is 16.8 Å². The summed E-state index contributed by atoms with van der Waals surface area (Å²) in [6, 6.07) is 16.7. The van der Waals surface area contributed by atoms with Gasteiger partial charge in [0.1, 0.15) is 0 Å². The molecule has 0 aromatic heterocycles. The maximum Gasteiger partial charge on any atom is 0.251 e. The topological polar surface area (TPSA) is 81.8 Å². The normalized spacial score (nSPS) is 17.5. The Bertz CT molecular complexity index is 985. The van der Waals surface area contributed by atoms with Gasteiger partial charge in [-0.25, -0.2) is 13.1 Å².